The zero-order valence-corrected chi connectivity index (χ0v) is 12.1. The number of carbonyl (C=O) groups excluding carboxylic acids is 1. The molecule has 6 nitrogen and oxygen atoms in total. The van der Waals surface area contributed by atoms with E-state index in [-0.39, 0.29) is 5.91 Å². The van der Waals surface area contributed by atoms with E-state index in [2.05, 4.69) is 15.1 Å². The van der Waals surface area contributed by atoms with Crippen LogP contribution in [0.15, 0.2) is 0 Å². The highest BCUT2D eigenvalue weighted by Crippen LogP contribution is 2.23. The van der Waals surface area contributed by atoms with E-state index in [0.29, 0.717) is 17.4 Å². The van der Waals surface area contributed by atoms with Gasteiger partial charge in [-0.1, -0.05) is 6.92 Å². The number of hydrogen-bond donors (Lipinski definition) is 2. The van der Waals surface area contributed by atoms with Gasteiger partial charge in [0.25, 0.3) is 5.91 Å². The highest BCUT2D eigenvalue weighted by molar-refractivity contribution is 5.97. The molecular formula is C14H23N5O. The van der Waals surface area contributed by atoms with Crippen LogP contribution in [0.25, 0.3) is 0 Å². The van der Waals surface area contributed by atoms with Crippen LogP contribution in [0, 0.1) is 0 Å². The quantitative estimate of drug-likeness (QED) is 0.840. The second kappa shape index (κ2) is 5.44. The Morgan fingerprint density at radius 3 is 2.95 bits per heavy atom. The smallest absolute Gasteiger partial charge is 0.276 e. The lowest BCUT2D eigenvalue weighted by Gasteiger charge is -2.25. The van der Waals surface area contributed by atoms with Crippen LogP contribution in [0.3, 0.4) is 0 Å². The first-order chi connectivity index (χ1) is 9.70. The molecule has 1 atom stereocenters. The maximum absolute atomic E-state index is 12.6. The van der Waals surface area contributed by atoms with Crippen molar-refractivity contribution >= 4 is 11.6 Å². The Morgan fingerprint density at radius 1 is 1.40 bits per heavy atom. The lowest BCUT2D eigenvalue weighted by molar-refractivity contribution is 0.0738. The van der Waals surface area contributed by atoms with E-state index in [9.17, 15) is 4.79 Å². The summed E-state index contributed by atoms with van der Waals surface area (Å²) in [7, 11) is 0. The van der Waals surface area contributed by atoms with Crippen LogP contribution >= 0.6 is 0 Å². The Kier molecular flexibility index (Phi) is 3.65. The molecule has 0 aromatic carbocycles. The maximum atomic E-state index is 12.6. The zero-order valence-electron chi connectivity index (χ0n) is 12.1. The number of nitrogens with zero attached hydrogens (tertiary/aromatic N) is 3. The highest BCUT2D eigenvalue weighted by atomic mass is 16.2. The Morgan fingerprint density at radius 2 is 2.20 bits per heavy atom. The normalized spacial score (nSPS) is 23.6. The van der Waals surface area contributed by atoms with Crippen molar-refractivity contribution in [3.8, 4) is 0 Å². The largest absolute Gasteiger partial charge is 0.395 e. The van der Waals surface area contributed by atoms with E-state index in [1.807, 2.05) is 11.8 Å². The van der Waals surface area contributed by atoms with Crippen LogP contribution in [0.4, 0.5) is 5.69 Å². The lowest BCUT2D eigenvalue weighted by atomic mass is 10.2. The number of nitrogens with one attached hydrogen (secondary N) is 1. The van der Waals surface area contributed by atoms with Gasteiger partial charge in [-0.3, -0.25) is 14.8 Å². The van der Waals surface area contributed by atoms with Gasteiger partial charge in [-0.25, -0.2) is 0 Å². The number of hydrogen-bond acceptors (Lipinski definition) is 4. The van der Waals surface area contributed by atoms with Gasteiger partial charge in [-0.2, -0.15) is 5.10 Å². The Bertz CT molecular complexity index is 498. The van der Waals surface area contributed by atoms with Crippen LogP contribution in [-0.4, -0.2) is 58.1 Å². The first-order valence-corrected chi connectivity index (χ1v) is 7.56. The average Bonchev–Trinajstić information content (AvgIpc) is 2.99. The molecule has 0 bridgehead atoms. The van der Waals surface area contributed by atoms with Crippen LogP contribution in [0.2, 0.25) is 0 Å². The number of aromatic nitrogens is 2. The second-order valence-electron chi connectivity index (χ2n) is 5.75. The molecule has 3 heterocycles. The molecule has 20 heavy (non-hydrogen) atoms. The number of nitrogens with two attached hydrogens (primary N) is 1. The van der Waals surface area contributed by atoms with Gasteiger partial charge in [0.2, 0.25) is 0 Å². The number of H-pyrrole nitrogens is 1. The van der Waals surface area contributed by atoms with E-state index in [1.54, 1.807) is 0 Å². The predicted octanol–water partition coefficient (Wildman–Crippen LogP) is 0.865. The molecule has 3 N–H and O–H groups in total. The SMILES string of the molecule is CCc1[nH]nc(C(=O)N2CCCN3CCCC3C2)c1N. The summed E-state index contributed by atoms with van der Waals surface area (Å²) in [6.07, 6.45) is 4.24. The third-order valence-corrected chi connectivity index (χ3v) is 4.53. The molecule has 1 aromatic heterocycles. The maximum Gasteiger partial charge on any atom is 0.276 e. The van der Waals surface area contributed by atoms with Gasteiger partial charge in [0.1, 0.15) is 0 Å². The lowest BCUT2D eigenvalue weighted by Crippen LogP contribution is -2.40. The summed E-state index contributed by atoms with van der Waals surface area (Å²) in [6, 6.07) is 0.521. The zero-order chi connectivity index (χ0) is 14.1. The summed E-state index contributed by atoms with van der Waals surface area (Å²) >= 11 is 0. The van der Waals surface area contributed by atoms with E-state index in [4.69, 9.17) is 5.73 Å². The molecule has 0 radical (unpaired) electrons. The molecule has 110 valence electrons. The molecule has 0 saturated carbocycles. The molecule has 2 aliphatic heterocycles. The van der Waals surface area contributed by atoms with Crippen molar-refractivity contribution in [1.82, 2.24) is 20.0 Å². The third-order valence-electron chi connectivity index (χ3n) is 4.53. The Balaban J connectivity index is 1.77. The molecule has 1 unspecified atom stereocenters. The number of amides is 1. The summed E-state index contributed by atoms with van der Waals surface area (Å²) in [5.41, 5.74) is 7.78. The molecule has 0 aliphatic carbocycles. The summed E-state index contributed by atoms with van der Waals surface area (Å²) in [4.78, 5) is 17.1. The Hall–Kier alpha value is -1.56. The van der Waals surface area contributed by atoms with Gasteiger partial charge in [0, 0.05) is 25.7 Å². The molecular weight excluding hydrogens is 254 g/mol. The number of anilines is 1. The van der Waals surface area contributed by atoms with Gasteiger partial charge in [0.15, 0.2) is 5.69 Å². The van der Waals surface area contributed by atoms with Gasteiger partial charge >= 0.3 is 0 Å². The summed E-state index contributed by atoms with van der Waals surface area (Å²) in [5.74, 6) is -0.0211. The topological polar surface area (TPSA) is 78.2 Å². The molecule has 3 rings (SSSR count). The predicted molar refractivity (Wildman–Crippen MR) is 77.5 cm³/mol. The molecule has 2 aliphatic rings. The number of nitrogen functional groups attached to an aromatic ring is 1. The molecule has 1 aromatic rings. The minimum atomic E-state index is -0.0211. The van der Waals surface area contributed by atoms with Crippen molar-refractivity contribution in [2.75, 3.05) is 31.9 Å². The highest BCUT2D eigenvalue weighted by Gasteiger charge is 2.32. The number of carbonyl (C=O) groups is 1. The number of aryl methyl sites for hydroxylation is 1. The fraction of sp³-hybridized carbons (Fsp3) is 0.714. The first-order valence-electron chi connectivity index (χ1n) is 7.56. The number of fused-ring (bicyclic) bond motifs is 1. The molecule has 1 amide bonds. The van der Waals surface area contributed by atoms with E-state index >= 15 is 0 Å². The molecule has 0 spiro atoms. The first kappa shape index (κ1) is 13.4. The van der Waals surface area contributed by atoms with Gasteiger partial charge in [-0.05, 0) is 32.2 Å². The van der Waals surface area contributed by atoms with Crippen molar-refractivity contribution in [3.05, 3.63) is 11.4 Å². The summed E-state index contributed by atoms with van der Waals surface area (Å²) in [5, 5.41) is 7.00. The van der Waals surface area contributed by atoms with Crippen molar-refractivity contribution in [2.45, 2.75) is 38.6 Å². The van der Waals surface area contributed by atoms with E-state index in [0.717, 1.165) is 38.2 Å². The van der Waals surface area contributed by atoms with Crippen molar-refractivity contribution < 1.29 is 4.79 Å². The summed E-state index contributed by atoms with van der Waals surface area (Å²) < 4.78 is 0. The van der Waals surface area contributed by atoms with Crippen molar-refractivity contribution in [1.29, 1.82) is 0 Å². The molecule has 6 heteroatoms. The monoisotopic (exact) mass is 277 g/mol. The van der Waals surface area contributed by atoms with E-state index < -0.39 is 0 Å². The van der Waals surface area contributed by atoms with Crippen LogP contribution in [0.5, 0.6) is 0 Å². The second-order valence-corrected chi connectivity index (χ2v) is 5.75. The summed E-state index contributed by atoms with van der Waals surface area (Å²) in [6.45, 7) is 5.90. The van der Waals surface area contributed by atoms with Crippen LogP contribution in [-0.2, 0) is 6.42 Å². The molecule has 2 saturated heterocycles. The van der Waals surface area contributed by atoms with Crippen molar-refractivity contribution in [3.63, 3.8) is 0 Å². The van der Waals surface area contributed by atoms with Gasteiger partial charge < -0.3 is 10.6 Å². The van der Waals surface area contributed by atoms with E-state index in [1.165, 1.54) is 19.4 Å². The molecule has 2 fully saturated rings. The fourth-order valence-electron chi connectivity index (χ4n) is 3.36. The number of rotatable bonds is 2. The standard InChI is InChI=1S/C14H23N5O/c1-2-11-12(15)13(17-16-11)14(20)19-8-4-7-18-6-3-5-10(18)9-19/h10H,2-9,15H2,1H3,(H,16,17). The van der Waals surface area contributed by atoms with Crippen LogP contribution < -0.4 is 5.73 Å². The van der Waals surface area contributed by atoms with Gasteiger partial charge in [0.05, 0.1) is 11.4 Å². The van der Waals surface area contributed by atoms with Gasteiger partial charge in [-0.15, -0.1) is 0 Å². The fourth-order valence-corrected chi connectivity index (χ4v) is 3.36. The van der Waals surface area contributed by atoms with Crippen molar-refractivity contribution in [2.24, 2.45) is 0 Å². The minimum absolute atomic E-state index is 0.0211. The number of aromatic amines is 1. The average molecular weight is 277 g/mol. The van der Waals surface area contributed by atoms with Crippen LogP contribution in [0.1, 0.15) is 42.4 Å². The third kappa shape index (κ3) is 2.28. The Labute approximate surface area is 119 Å². The minimum Gasteiger partial charge on any atom is -0.395 e.